The van der Waals surface area contributed by atoms with Crippen LogP contribution in [0.25, 0.3) is 0 Å². The van der Waals surface area contributed by atoms with Crippen LogP contribution in [0.5, 0.6) is 0 Å². The summed E-state index contributed by atoms with van der Waals surface area (Å²) in [7, 11) is 0. The first-order valence-electron chi connectivity index (χ1n) is 8.02. The molecule has 0 spiro atoms. The maximum atomic E-state index is 12.8. The van der Waals surface area contributed by atoms with Crippen molar-refractivity contribution in [1.29, 1.82) is 0 Å². The van der Waals surface area contributed by atoms with Gasteiger partial charge in [0.2, 0.25) is 0 Å². The first kappa shape index (κ1) is 16.2. The number of carboxylic acid groups (broad SMARTS) is 1. The highest BCUT2D eigenvalue weighted by atomic mass is 16.4. The molecule has 5 heteroatoms. The van der Waals surface area contributed by atoms with Gasteiger partial charge in [-0.3, -0.25) is 4.79 Å². The Morgan fingerprint density at radius 3 is 2.46 bits per heavy atom. The summed E-state index contributed by atoms with van der Waals surface area (Å²) in [5, 5.41) is 8.91. The second-order valence-corrected chi connectivity index (χ2v) is 6.32. The van der Waals surface area contributed by atoms with Crippen molar-refractivity contribution >= 4 is 11.9 Å². The smallest absolute Gasteiger partial charge is 0.354 e. The number of carbonyl (C=O) groups excluding carboxylic acids is 1. The molecule has 1 aromatic heterocycles. The zero-order valence-electron chi connectivity index (χ0n) is 13.8. The molecule has 0 atom stereocenters. The fourth-order valence-corrected chi connectivity index (χ4v) is 2.66. The number of aromatic nitrogens is 1. The number of hydrogen-bond acceptors (Lipinski definition) is 3. The molecule has 0 unspecified atom stereocenters. The van der Waals surface area contributed by atoms with Gasteiger partial charge in [-0.15, -0.1) is 0 Å². The molecule has 1 aliphatic carbocycles. The van der Waals surface area contributed by atoms with Crippen LogP contribution in [0.4, 0.5) is 0 Å². The average molecular weight is 324 g/mol. The van der Waals surface area contributed by atoms with E-state index in [-0.39, 0.29) is 17.6 Å². The summed E-state index contributed by atoms with van der Waals surface area (Å²) in [4.78, 5) is 29.4. The number of hydrogen-bond donors (Lipinski definition) is 1. The highest BCUT2D eigenvalue weighted by Crippen LogP contribution is 2.30. The Morgan fingerprint density at radius 2 is 1.92 bits per heavy atom. The van der Waals surface area contributed by atoms with E-state index in [0.29, 0.717) is 12.1 Å². The number of nitrogens with zero attached hydrogens (tertiary/aromatic N) is 2. The average Bonchev–Trinajstić information content (AvgIpc) is 3.40. The van der Waals surface area contributed by atoms with E-state index in [0.717, 1.165) is 18.4 Å². The summed E-state index contributed by atoms with van der Waals surface area (Å²) in [6.45, 7) is 4.70. The number of aromatic carboxylic acids is 1. The second-order valence-electron chi connectivity index (χ2n) is 6.32. The standard InChI is InChI=1S/C19H20N2O3/c1-12-3-4-14(9-13(12)2)11-21(16-6-7-16)18(22)15-5-8-17(19(23)24)20-10-15/h3-5,8-10,16H,6-7,11H2,1-2H3,(H,23,24). The lowest BCUT2D eigenvalue weighted by Gasteiger charge is -2.23. The molecule has 1 aliphatic rings. The second kappa shape index (κ2) is 6.43. The van der Waals surface area contributed by atoms with Gasteiger partial charge < -0.3 is 10.0 Å². The highest BCUT2D eigenvalue weighted by Gasteiger charge is 2.33. The highest BCUT2D eigenvalue weighted by molar-refractivity contribution is 5.95. The molecule has 124 valence electrons. The third-order valence-electron chi connectivity index (χ3n) is 4.40. The Hall–Kier alpha value is -2.69. The molecule has 2 aromatic rings. The Labute approximate surface area is 140 Å². The number of rotatable bonds is 5. The molecule has 0 aliphatic heterocycles. The van der Waals surface area contributed by atoms with E-state index in [1.165, 1.54) is 29.5 Å². The van der Waals surface area contributed by atoms with Crippen LogP contribution in [0.1, 0.15) is 50.4 Å². The molecule has 24 heavy (non-hydrogen) atoms. The van der Waals surface area contributed by atoms with Crippen molar-refractivity contribution in [1.82, 2.24) is 9.88 Å². The summed E-state index contributed by atoms with van der Waals surface area (Å²) in [6, 6.07) is 9.41. The predicted molar refractivity (Wildman–Crippen MR) is 90.0 cm³/mol. The van der Waals surface area contributed by atoms with Gasteiger partial charge in [0.25, 0.3) is 5.91 Å². The molecule has 1 heterocycles. The summed E-state index contributed by atoms with van der Waals surface area (Å²) in [5.41, 5.74) is 3.92. The first-order valence-corrected chi connectivity index (χ1v) is 8.02. The quantitative estimate of drug-likeness (QED) is 0.917. The summed E-state index contributed by atoms with van der Waals surface area (Å²) in [5.74, 6) is -1.19. The van der Waals surface area contributed by atoms with Crippen molar-refractivity contribution in [2.75, 3.05) is 0 Å². The minimum atomic E-state index is -1.09. The van der Waals surface area contributed by atoms with Crippen molar-refractivity contribution in [3.8, 4) is 0 Å². The van der Waals surface area contributed by atoms with Gasteiger partial charge in [-0.25, -0.2) is 9.78 Å². The van der Waals surface area contributed by atoms with E-state index in [1.807, 2.05) is 4.90 Å². The van der Waals surface area contributed by atoms with E-state index in [2.05, 4.69) is 37.0 Å². The van der Waals surface area contributed by atoms with Gasteiger partial charge in [0.1, 0.15) is 5.69 Å². The molecule has 1 amide bonds. The van der Waals surface area contributed by atoms with Crippen LogP contribution in [-0.2, 0) is 6.54 Å². The Morgan fingerprint density at radius 1 is 1.17 bits per heavy atom. The number of aryl methyl sites for hydroxylation is 2. The number of carbonyl (C=O) groups is 2. The van der Waals surface area contributed by atoms with Gasteiger partial charge in [0, 0.05) is 18.8 Å². The van der Waals surface area contributed by atoms with Crippen LogP contribution in [-0.4, -0.2) is 32.9 Å². The first-order chi connectivity index (χ1) is 11.5. The van der Waals surface area contributed by atoms with Crippen LogP contribution in [0.15, 0.2) is 36.5 Å². The topological polar surface area (TPSA) is 70.5 Å². The molecule has 3 rings (SSSR count). The normalized spacial score (nSPS) is 13.6. The molecule has 1 aromatic carbocycles. The summed E-state index contributed by atoms with van der Waals surface area (Å²) in [6.07, 6.45) is 3.37. The van der Waals surface area contributed by atoms with E-state index < -0.39 is 5.97 Å². The van der Waals surface area contributed by atoms with Crippen LogP contribution in [0.3, 0.4) is 0 Å². The van der Waals surface area contributed by atoms with Crippen molar-refractivity contribution in [3.63, 3.8) is 0 Å². The molecular formula is C19H20N2O3. The largest absolute Gasteiger partial charge is 0.477 e. The minimum Gasteiger partial charge on any atom is -0.477 e. The van der Waals surface area contributed by atoms with Crippen molar-refractivity contribution in [2.24, 2.45) is 0 Å². The van der Waals surface area contributed by atoms with E-state index in [4.69, 9.17) is 5.11 Å². The number of pyridine rings is 1. The number of amides is 1. The lowest BCUT2D eigenvalue weighted by Crippen LogP contribution is -2.32. The van der Waals surface area contributed by atoms with Gasteiger partial charge in [-0.05, 0) is 55.5 Å². The maximum Gasteiger partial charge on any atom is 0.354 e. The molecule has 0 saturated heterocycles. The van der Waals surface area contributed by atoms with Gasteiger partial charge >= 0.3 is 5.97 Å². The molecular weight excluding hydrogens is 304 g/mol. The number of benzene rings is 1. The van der Waals surface area contributed by atoms with Crippen LogP contribution < -0.4 is 0 Å². The summed E-state index contributed by atoms with van der Waals surface area (Å²) < 4.78 is 0. The lowest BCUT2D eigenvalue weighted by atomic mass is 10.1. The zero-order chi connectivity index (χ0) is 17.3. The minimum absolute atomic E-state index is 0.0568. The molecule has 0 bridgehead atoms. The van der Waals surface area contributed by atoms with E-state index in [9.17, 15) is 9.59 Å². The Balaban J connectivity index is 1.81. The Kier molecular flexibility index (Phi) is 4.34. The van der Waals surface area contributed by atoms with Crippen LogP contribution >= 0.6 is 0 Å². The van der Waals surface area contributed by atoms with Gasteiger partial charge in [-0.2, -0.15) is 0 Å². The predicted octanol–water partition coefficient (Wildman–Crippen LogP) is 3.20. The van der Waals surface area contributed by atoms with Crippen molar-refractivity contribution in [2.45, 2.75) is 39.3 Å². The molecule has 1 saturated carbocycles. The van der Waals surface area contributed by atoms with Crippen molar-refractivity contribution in [3.05, 3.63) is 64.5 Å². The third kappa shape index (κ3) is 3.45. The Bertz CT molecular complexity index is 780. The third-order valence-corrected chi connectivity index (χ3v) is 4.40. The fourth-order valence-electron chi connectivity index (χ4n) is 2.66. The molecule has 1 fully saturated rings. The monoisotopic (exact) mass is 324 g/mol. The number of carboxylic acids is 1. The lowest BCUT2D eigenvalue weighted by molar-refractivity contribution is 0.0685. The maximum absolute atomic E-state index is 12.8. The van der Waals surface area contributed by atoms with Crippen LogP contribution in [0, 0.1) is 13.8 Å². The SMILES string of the molecule is Cc1ccc(CN(C(=O)c2ccc(C(=O)O)nc2)C2CC2)cc1C. The van der Waals surface area contributed by atoms with E-state index in [1.54, 1.807) is 0 Å². The van der Waals surface area contributed by atoms with Crippen LogP contribution in [0.2, 0.25) is 0 Å². The van der Waals surface area contributed by atoms with Gasteiger partial charge in [-0.1, -0.05) is 18.2 Å². The van der Waals surface area contributed by atoms with Crippen molar-refractivity contribution < 1.29 is 14.7 Å². The fraction of sp³-hybridized carbons (Fsp3) is 0.316. The van der Waals surface area contributed by atoms with E-state index >= 15 is 0 Å². The summed E-state index contributed by atoms with van der Waals surface area (Å²) >= 11 is 0. The molecule has 5 nitrogen and oxygen atoms in total. The molecule has 0 radical (unpaired) electrons. The molecule has 1 N–H and O–H groups in total. The zero-order valence-corrected chi connectivity index (χ0v) is 13.8. The van der Waals surface area contributed by atoms with Gasteiger partial charge in [0.05, 0.1) is 5.56 Å². The van der Waals surface area contributed by atoms with Gasteiger partial charge in [0.15, 0.2) is 0 Å².